The van der Waals surface area contributed by atoms with Gasteiger partial charge in [-0.1, -0.05) is 42.5 Å². The summed E-state index contributed by atoms with van der Waals surface area (Å²) in [6.07, 6.45) is 0. The van der Waals surface area contributed by atoms with E-state index in [1.165, 1.54) is 11.3 Å². The first-order chi connectivity index (χ1) is 13.1. The van der Waals surface area contributed by atoms with Crippen LogP contribution in [0.4, 0.5) is 5.69 Å². The maximum absolute atomic E-state index is 12.3. The number of piperazine rings is 1. The van der Waals surface area contributed by atoms with Crippen LogP contribution in [0.15, 0.2) is 54.6 Å². The molecule has 4 nitrogen and oxygen atoms in total. The van der Waals surface area contributed by atoms with E-state index in [-0.39, 0.29) is 11.2 Å². The molecule has 2 aromatic carbocycles. The number of thioether (sulfide) groups is 1. The smallest absolute Gasteiger partial charge is 0.233 e. The fourth-order valence-corrected chi connectivity index (χ4v) is 3.96. The quantitative estimate of drug-likeness (QED) is 0.795. The summed E-state index contributed by atoms with van der Waals surface area (Å²) in [7, 11) is 2.17. The van der Waals surface area contributed by atoms with Crippen molar-refractivity contribution < 1.29 is 4.79 Å². The lowest BCUT2D eigenvalue weighted by atomic mass is 10.1. The predicted octanol–water partition coefficient (Wildman–Crippen LogP) is 3.38. The van der Waals surface area contributed by atoms with Crippen molar-refractivity contribution in [3.8, 4) is 0 Å². The minimum Gasteiger partial charge on any atom is -0.369 e. The summed E-state index contributed by atoms with van der Waals surface area (Å²) < 4.78 is 0. The fraction of sp³-hybridized carbons (Fsp3) is 0.409. The van der Waals surface area contributed by atoms with Crippen LogP contribution in [0.2, 0.25) is 0 Å². The van der Waals surface area contributed by atoms with Gasteiger partial charge in [0.05, 0.1) is 5.25 Å². The first-order valence-electron chi connectivity index (χ1n) is 9.57. The Bertz CT molecular complexity index is 712. The molecule has 3 rings (SSSR count). The Labute approximate surface area is 166 Å². The SMILES string of the molecule is CC(SCc1ccccc1)C(=O)NCc1ccc(N2CCN(C)CC2)cc1. The minimum absolute atomic E-state index is 0.0604. The largest absolute Gasteiger partial charge is 0.369 e. The van der Waals surface area contributed by atoms with Gasteiger partial charge in [-0.2, -0.15) is 0 Å². The van der Waals surface area contributed by atoms with Gasteiger partial charge in [0.2, 0.25) is 5.91 Å². The van der Waals surface area contributed by atoms with Crippen molar-refractivity contribution >= 4 is 23.4 Å². The molecule has 1 aliphatic rings. The lowest BCUT2D eigenvalue weighted by molar-refractivity contribution is -0.120. The van der Waals surface area contributed by atoms with Crippen molar-refractivity contribution in [1.82, 2.24) is 10.2 Å². The highest BCUT2D eigenvalue weighted by atomic mass is 32.2. The third-order valence-corrected chi connectivity index (χ3v) is 6.20. The van der Waals surface area contributed by atoms with Gasteiger partial charge >= 0.3 is 0 Å². The maximum atomic E-state index is 12.3. The molecule has 1 amide bonds. The molecule has 5 heteroatoms. The van der Waals surface area contributed by atoms with Gasteiger partial charge in [0.15, 0.2) is 0 Å². The van der Waals surface area contributed by atoms with Gasteiger partial charge in [0, 0.05) is 44.2 Å². The van der Waals surface area contributed by atoms with Crippen LogP contribution in [0.25, 0.3) is 0 Å². The zero-order valence-corrected chi connectivity index (χ0v) is 17.0. The van der Waals surface area contributed by atoms with Gasteiger partial charge in [0.1, 0.15) is 0 Å². The van der Waals surface area contributed by atoms with E-state index in [0.717, 1.165) is 37.5 Å². The van der Waals surface area contributed by atoms with E-state index in [9.17, 15) is 4.79 Å². The van der Waals surface area contributed by atoms with Gasteiger partial charge in [-0.05, 0) is 37.2 Å². The van der Waals surface area contributed by atoms with Crippen molar-refractivity contribution in [2.24, 2.45) is 0 Å². The van der Waals surface area contributed by atoms with Crippen molar-refractivity contribution in [3.63, 3.8) is 0 Å². The van der Waals surface area contributed by atoms with Crippen LogP contribution in [0.3, 0.4) is 0 Å². The third-order valence-electron chi connectivity index (χ3n) is 4.98. The topological polar surface area (TPSA) is 35.6 Å². The summed E-state index contributed by atoms with van der Waals surface area (Å²) in [6.45, 7) is 6.91. The second-order valence-electron chi connectivity index (χ2n) is 7.11. The summed E-state index contributed by atoms with van der Waals surface area (Å²) in [5, 5.41) is 3.00. The second-order valence-corrected chi connectivity index (χ2v) is 8.44. The molecule has 144 valence electrons. The third kappa shape index (κ3) is 6.01. The van der Waals surface area contributed by atoms with Crippen LogP contribution in [-0.4, -0.2) is 49.3 Å². The standard InChI is InChI=1S/C22H29N3OS/c1-18(27-17-20-6-4-3-5-7-20)22(26)23-16-19-8-10-21(11-9-19)25-14-12-24(2)13-15-25/h3-11,18H,12-17H2,1-2H3,(H,23,26). The zero-order chi connectivity index (χ0) is 19.1. The first kappa shape index (κ1) is 19.8. The number of amides is 1. The highest BCUT2D eigenvalue weighted by molar-refractivity contribution is 7.99. The van der Waals surface area contributed by atoms with Gasteiger partial charge in [0.25, 0.3) is 0 Å². The Morgan fingerprint density at radius 3 is 2.33 bits per heavy atom. The molecule has 0 saturated carbocycles. The maximum Gasteiger partial charge on any atom is 0.233 e. The summed E-state index contributed by atoms with van der Waals surface area (Å²) >= 11 is 1.67. The minimum atomic E-state index is -0.0604. The number of nitrogens with zero attached hydrogens (tertiary/aromatic N) is 2. The van der Waals surface area contributed by atoms with Crippen LogP contribution in [-0.2, 0) is 17.1 Å². The molecule has 1 heterocycles. The van der Waals surface area contributed by atoms with Crippen molar-refractivity contribution in [2.75, 3.05) is 38.1 Å². The number of anilines is 1. The van der Waals surface area contributed by atoms with Gasteiger partial charge < -0.3 is 15.1 Å². The van der Waals surface area contributed by atoms with Gasteiger partial charge in [-0.25, -0.2) is 0 Å². The average molecular weight is 384 g/mol. The monoisotopic (exact) mass is 383 g/mol. The Hall–Kier alpha value is -1.98. The summed E-state index contributed by atoms with van der Waals surface area (Å²) in [6, 6.07) is 18.9. The molecule has 1 atom stereocenters. The number of rotatable bonds is 7. The lowest BCUT2D eigenvalue weighted by Gasteiger charge is -2.34. The summed E-state index contributed by atoms with van der Waals surface area (Å²) in [5.41, 5.74) is 3.66. The Morgan fingerprint density at radius 2 is 1.67 bits per heavy atom. The summed E-state index contributed by atoms with van der Waals surface area (Å²) in [4.78, 5) is 17.1. The van der Waals surface area contributed by atoms with E-state index < -0.39 is 0 Å². The van der Waals surface area contributed by atoms with Crippen LogP contribution >= 0.6 is 11.8 Å². The molecule has 0 aliphatic carbocycles. The van der Waals surface area contributed by atoms with Crippen molar-refractivity contribution in [3.05, 3.63) is 65.7 Å². The first-order valence-corrected chi connectivity index (χ1v) is 10.6. The van der Waals surface area contributed by atoms with E-state index >= 15 is 0 Å². The number of hydrogen-bond donors (Lipinski definition) is 1. The van der Waals surface area contributed by atoms with Crippen LogP contribution < -0.4 is 10.2 Å². The number of carbonyl (C=O) groups excluding carboxylic acids is 1. The van der Waals surface area contributed by atoms with E-state index in [1.54, 1.807) is 11.8 Å². The summed E-state index contributed by atoms with van der Waals surface area (Å²) in [5.74, 6) is 0.953. The number of hydrogen-bond acceptors (Lipinski definition) is 4. The number of likely N-dealkylation sites (N-methyl/N-ethyl adjacent to an activating group) is 1. The predicted molar refractivity (Wildman–Crippen MR) is 115 cm³/mol. The lowest BCUT2D eigenvalue weighted by Crippen LogP contribution is -2.44. The van der Waals surface area contributed by atoms with E-state index in [4.69, 9.17) is 0 Å². The molecular formula is C22H29N3OS. The second kappa shape index (κ2) is 9.81. The molecule has 27 heavy (non-hydrogen) atoms. The molecule has 0 spiro atoms. The molecular weight excluding hydrogens is 354 g/mol. The zero-order valence-electron chi connectivity index (χ0n) is 16.2. The van der Waals surface area contributed by atoms with Crippen LogP contribution in [0.5, 0.6) is 0 Å². The molecule has 1 saturated heterocycles. The van der Waals surface area contributed by atoms with E-state index in [1.807, 2.05) is 25.1 Å². The van der Waals surface area contributed by atoms with Crippen molar-refractivity contribution in [1.29, 1.82) is 0 Å². The molecule has 1 aliphatic heterocycles. The Balaban J connectivity index is 1.43. The molecule has 2 aromatic rings. The van der Waals surface area contributed by atoms with Crippen LogP contribution in [0.1, 0.15) is 18.1 Å². The van der Waals surface area contributed by atoms with E-state index in [2.05, 4.69) is 58.6 Å². The highest BCUT2D eigenvalue weighted by Crippen LogP contribution is 2.19. The normalized spacial score (nSPS) is 16.1. The fourth-order valence-electron chi connectivity index (χ4n) is 3.09. The van der Waals surface area contributed by atoms with Gasteiger partial charge in [-0.3, -0.25) is 4.79 Å². The van der Waals surface area contributed by atoms with Crippen molar-refractivity contribution in [2.45, 2.75) is 24.5 Å². The molecule has 0 aromatic heterocycles. The molecule has 0 bridgehead atoms. The molecule has 1 unspecified atom stereocenters. The Kier molecular flexibility index (Phi) is 7.18. The highest BCUT2D eigenvalue weighted by Gasteiger charge is 2.15. The molecule has 1 fully saturated rings. The molecule has 0 radical (unpaired) electrons. The average Bonchev–Trinajstić information content (AvgIpc) is 2.72. The number of carbonyl (C=O) groups is 1. The number of benzene rings is 2. The number of nitrogens with one attached hydrogen (secondary N) is 1. The van der Waals surface area contributed by atoms with E-state index in [0.29, 0.717) is 6.54 Å². The van der Waals surface area contributed by atoms with Gasteiger partial charge in [-0.15, -0.1) is 11.8 Å². The Morgan fingerprint density at radius 1 is 1.00 bits per heavy atom. The van der Waals surface area contributed by atoms with Crippen LogP contribution in [0, 0.1) is 0 Å². The molecule has 1 N–H and O–H groups in total.